The minimum Gasteiger partial charge on any atom is -0.496 e. The summed E-state index contributed by atoms with van der Waals surface area (Å²) in [6, 6.07) is 13.2. The van der Waals surface area contributed by atoms with Gasteiger partial charge in [0.05, 0.1) is 12.7 Å². The summed E-state index contributed by atoms with van der Waals surface area (Å²) in [5, 5.41) is 6.09. The van der Waals surface area contributed by atoms with Gasteiger partial charge in [-0.25, -0.2) is 0 Å². The smallest absolute Gasteiger partial charge is 0.261 e. The molecule has 0 bridgehead atoms. The predicted octanol–water partition coefficient (Wildman–Crippen LogP) is 5.10. The first-order valence-electron chi connectivity index (χ1n) is 8.01. The van der Waals surface area contributed by atoms with E-state index in [1.165, 1.54) is 12.7 Å². The molecule has 132 valence electrons. The van der Waals surface area contributed by atoms with Crippen molar-refractivity contribution < 1.29 is 9.53 Å². The minimum absolute atomic E-state index is 0.253. The Morgan fingerprint density at radius 2 is 2.00 bits per heavy atom. The zero-order chi connectivity index (χ0) is 18.4. The molecule has 25 heavy (non-hydrogen) atoms. The molecule has 0 aliphatic carbocycles. The molecule has 0 aromatic heterocycles. The Morgan fingerprint density at radius 1 is 1.28 bits per heavy atom. The molecular weight excluding hydrogens is 400 g/mol. The maximum absolute atomic E-state index is 12.5. The average molecular weight is 421 g/mol. The Morgan fingerprint density at radius 3 is 2.68 bits per heavy atom. The predicted molar refractivity (Wildman–Crippen MR) is 110 cm³/mol. The number of nitrogens with one attached hydrogen (secondary N) is 2. The van der Waals surface area contributed by atoms with Crippen molar-refractivity contribution in [2.75, 3.05) is 12.4 Å². The van der Waals surface area contributed by atoms with Crippen LogP contribution in [0.15, 0.2) is 46.9 Å². The van der Waals surface area contributed by atoms with Crippen LogP contribution < -0.4 is 15.4 Å². The van der Waals surface area contributed by atoms with E-state index in [1.807, 2.05) is 24.3 Å². The second kappa shape index (κ2) is 8.97. The Balaban J connectivity index is 2.14. The molecule has 0 spiro atoms. The first-order chi connectivity index (χ1) is 12.0. The number of carbonyl (C=O) groups is 1. The maximum Gasteiger partial charge on any atom is 0.261 e. The van der Waals surface area contributed by atoms with E-state index in [0.29, 0.717) is 17.2 Å². The van der Waals surface area contributed by atoms with E-state index >= 15 is 0 Å². The molecule has 0 aliphatic heterocycles. The van der Waals surface area contributed by atoms with E-state index in [1.54, 1.807) is 12.1 Å². The fourth-order valence-corrected chi connectivity index (χ4v) is 3.01. The van der Waals surface area contributed by atoms with Crippen LogP contribution in [-0.4, -0.2) is 18.1 Å². The Hall–Kier alpha value is -1.92. The third-order valence-corrected chi connectivity index (χ3v) is 4.68. The van der Waals surface area contributed by atoms with E-state index in [2.05, 4.69) is 46.5 Å². The summed E-state index contributed by atoms with van der Waals surface area (Å²) in [7, 11) is 1.53. The van der Waals surface area contributed by atoms with E-state index in [0.717, 1.165) is 16.6 Å². The molecule has 0 heterocycles. The number of hydrogen-bond donors (Lipinski definition) is 2. The standard InChI is InChI=1S/C19H21BrN2O2S/c1-4-12(2)14-7-5-6-8-16(14)21-19(25)22-18(23)15-11-13(20)9-10-17(15)24-3/h5-12H,4H2,1-3H3,(H2,21,22,23,25)/t12-/m1/s1. The first kappa shape index (κ1) is 19.4. The monoisotopic (exact) mass is 420 g/mol. The number of thiocarbonyl (C=S) groups is 1. The highest BCUT2D eigenvalue weighted by atomic mass is 79.9. The third kappa shape index (κ3) is 5.03. The largest absolute Gasteiger partial charge is 0.496 e. The Labute approximate surface area is 162 Å². The number of anilines is 1. The highest BCUT2D eigenvalue weighted by Gasteiger charge is 2.15. The molecule has 2 aromatic rings. The molecule has 6 heteroatoms. The lowest BCUT2D eigenvalue weighted by Gasteiger charge is -2.17. The number of benzene rings is 2. The zero-order valence-corrected chi connectivity index (χ0v) is 16.8. The number of hydrogen-bond acceptors (Lipinski definition) is 3. The Bertz CT molecular complexity index is 780. The van der Waals surface area contributed by atoms with Crippen molar-refractivity contribution in [2.24, 2.45) is 0 Å². The van der Waals surface area contributed by atoms with Gasteiger partial charge < -0.3 is 10.1 Å². The normalized spacial score (nSPS) is 11.5. The lowest BCUT2D eigenvalue weighted by Crippen LogP contribution is -2.34. The number of rotatable bonds is 5. The Kier molecular flexibility index (Phi) is 6.96. The molecule has 0 unspecified atom stereocenters. The van der Waals surface area contributed by atoms with Crippen molar-refractivity contribution >= 4 is 44.9 Å². The summed E-state index contributed by atoms with van der Waals surface area (Å²) >= 11 is 8.67. The minimum atomic E-state index is -0.323. The average Bonchev–Trinajstić information content (AvgIpc) is 2.61. The van der Waals surface area contributed by atoms with Gasteiger partial charge in [0.15, 0.2) is 5.11 Å². The first-order valence-corrected chi connectivity index (χ1v) is 9.21. The molecular formula is C19H21BrN2O2S. The summed E-state index contributed by atoms with van der Waals surface area (Å²) in [6.45, 7) is 4.30. The fraction of sp³-hybridized carbons (Fsp3) is 0.263. The molecule has 1 atom stereocenters. The van der Waals surface area contributed by atoms with Crippen molar-refractivity contribution in [2.45, 2.75) is 26.2 Å². The van der Waals surface area contributed by atoms with Crippen LogP contribution in [0.3, 0.4) is 0 Å². The van der Waals surface area contributed by atoms with Crippen molar-refractivity contribution in [1.29, 1.82) is 0 Å². The van der Waals surface area contributed by atoms with E-state index in [-0.39, 0.29) is 11.0 Å². The second-order valence-electron chi connectivity index (χ2n) is 5.65. The van der Waals surface area contributed by atoms with Crippen LogP contribution in [0.25, 0.3) is 0 Å². The van der Waals surface area contributed by atoms with Gasteiger partial charge in [0, 0.05) is 10.2 Å². The number of halogens is 1. The summed E-state index contributed by atoms with van der Waals surface area (Å²) in [6.07, 6.45) is 1.02. The van der Waals surface area contributed by atoms with Crippen molar-refractivity contribution in [3.63, 3.8) is 0 Å². The maximum atomic E-state index is 12.5. The molecule has 0 radical (unpaired) electrons. The van der Waals surface area contributed by atoms with Gasteiger partial charge in [0.2, 0.25) is 0 Å². The number of methoxy groups -OCH3 is 1. The molecule has 0 saturated carbocycles. The highest BCUT2D eigenvalue weighted by molar-refractivity contribution is 9.10. The van der Waals surface area contributed by atoms with Crippen molar-refractivity contribution in [3.05, 3.63) is 58.1 Å². The highest BCUT2D eigenvalue weighted by Crippen LogP contribution is 2.26. The van der Waals surface area contributed by atoms with Crippen LogP contribution in [0.2, 0.25) is 0 Å². The third-order valence-electron chi connectivity index (χ3n) is 3.99. The number of carbonyl (C=O) groups excluding carboxylic acids is 1. The van der Waals surface area contributed by atoms with Crippen LogP contribution in [0, 0.1) is 0 Å². The van der Waals surface area contributed by atoms with E-state index < -0.39 is 0 Å². The van der Waals surface area contributed by atoms with Gasteiger partial charge in [0.25, 0.3) is 5.91 Å². The molecule has 2 aromatic carbocycles. The molecule has 1 amide bonds. The summed E-state index contributed by atoms with van der Waals surface area (Å²) in [4.78, 5) is 12.5. The number of ether oxygens (including phenoxy) is 1. The molecule has 2 N–H and O–H groups in total. The van der Waals surface area contributed by atoms with Gasteiger partial charge in [0.1, 0.15) is 5.75 Å². The van der Waals surface area contributed by atoms with Crippen molar-refractivity contribution in [1.82, 2.24) is 5.32 Å². The molecule has 2 rings (SSSR count). The topological polar surface area (TPSA) is 50.4 Å². The van der Waals surface area contributed by atoms with Crippen LogP contribution in [0.4, 0.5) is 5.69 Å². The quantitative estimate of drug-likeness (QED) is 0.660. The van der Waals surface area contributed by atoms with Crippen LogP contribution in [0.5, 0.6) is 5.75 Å². The van der Waals surface area contributed by atoms with Gasteiger partial charge >= 0.3 is 0 Å². The van der Waals surface area contributed by atoms with Crippen LogP contribution in [0.1, 0.15) is 42.1 Å². The summed E-state index contributed by atoms with van der Waals surface area (Å²) < 4.78 is 6.03. The van der Waals surface area contributed by atoms with E-state index in [4.69, 9.17) is 17.0 Å². The summed E-state index contributed by atoms with van der Waals surface area (Å²) in [5.41, 5.74) is 2.49. The van der Waals surface area contributed by atoms with Gasteiger partial charge in [-0.2, -0.15) is 0 Å². The van der Waals surface area contributed by atoms with Gasteiger partial charge in [-0.1, -0.05) is 48.0 Å². The molecule has 0 saturated heterocycles. The number of amides is 1. The second-order valence-corrected chi connectivity index (χ2v) is 6.97. The lowest BCUT2D eigenvalue weighted by molar-refractivity contribution is 0.0974. The lowest BCUT2D eigenvalue weighted by atomic mass is 9.97. The number of para-hydroxylation sites is 1. The fourth-order valence-electron chi connectivity index (χ4n) is 2.44. The summed E-state index contributed by atoms with van der Waals surface area (Å²) in [5.74, 6) is 0.563. The van der Waals surface area contributed by atoms with E-state index in [9.17, 15) is 4.79 Å². The molecule has 4 nitrogen and oxygen atoms in total. The zero-order valence-electron chi connectivity index (χ0n) is 14.4. The molecule has 0 fully saturated rings. The SMILES string of the molecule is CC[C@@H](C)c1ccccc1NC(=S)NC(=O)c1cc(Br)ccc1OC. The van der Waals surface area contributed by atoms with Gasteiger partial charge in [-0.3, -0.25) is 10.1 Å². The van der Waals surface area contributed by atoms with Gasteiger partial charge in [-0.15, -0.1) is 0 Å². The van der Waals surface area contributed by atoms with Crippen molar-refractivity contribution in [3.8, 4) is 5.75 Å². The van der Waals surface area contributed by atoms with Crippen LogP contribution in [-0.2, 0) is 0 Å². The van der Waals surface area contributed by atoms with Gasteiger partial charge in [-0.05, 0) is 54.4 Å². The molecule has 0 aliphatic rings. The van der Waals surface area contributed by atoms with Crippen LogP contribution >= 0.6 is 28.1 Å².